The second-order valence-electron chi connectivity index (χ2n) is 7.27. The summed E-state index contributed by atoms with van der Waals surface area (Å²) in [6, 6.07) is 2.94. The highest BCUT2D eigenvalue weighted by Gasteiger charge is 2.48. The van der Waals surface area contributed by atoms with E-state index in [0.717, 1.165) is 18.3 Å². The number of aromatic nitrogens is 2. The van der Waals surface area contributed by atoms with Crippen LogP contribution in [0.3, 0.4) is 0 Å². The molecule has 2 N–H and O–H groups in total. The molecule has 5 nitrogen and oxygen atoms in total. The number of halogens is 7. The molecular weight excluding hydrogens is 452 g/mol. The third kappa shape index (κ3) is 5.09. The van der Waals surface area contributed by atoms with E-state index in [-0.39, 0.29) is 5.69 Å². The normalized spacial score (nSPS) is 19.0. The van der Waals surface area contributed by atoms with Gasteiger partial charge < -0.3 is 10.4 Å². The third-order valence-electron chi connectivity index (χ3n) is 5.09. The number of rotatable bonds is 4. The summed E-state index contributed by atoms with van der Waals surface area (Å²) in [6.07, 6.45) is -6.50. The number of pyridine rings is 2. The summed E-state index contributed by atoms with van der Waals surface area (Å²) in [4.78, 5) is 19.5. The molecular formula is C19H16ClF6N3O2. The van der Waals surface area contributed by atoms with Crippen LogP contribution in [0.4, 0.5) is 26.3 Å². The van der Waals surface area contributed by atoms with E-state index in [4.69, 9.17) is 11.6 Å². The van der Waals surface area contributed by atoms with Crippen molar-refractivity contribution < 1.29 is 36.2 Å². The molecule has 0 aromatic carbocycles. The predicted octanol–water partition coefficient (Wildman–Crippen LogP) is 4.70. The lowest BCUT2D eigenvalue weighted by atomic mass is 9.76. The molecule has 0 saturated heterocycles. The fourth-order valence-corrected chi connectivity index (χ4v) is 3.74. The van der Waals surface area contributed by atoms with E-state index in [0.29, 0.717) is 0 Å². The first kappa shape index (κ1) is 23.3. The number of amides is 1. The van der Waals surface area contributed by atoms with Gasteiger partial charge in [-0.15, -0.1) is 0 Å². The van der Waals surface area contributed by atoms with Crippen molar-refractivity contribution in [1.29, 1.82) is 0 Å². The van der Waals surface area contributed by atoms with Gasteiger partial charge in [0.25, 0.3) is 5.91 Å². The van der Waals surface area contributed by atoms with Crippen LogP contribution in [0.25, 0.3) is 0 Å². The van der Waals surface area contributed by atoms with Gasteiger partial charge in [-0.2, -0.15) is 17.6 Å². The number of carbonyl (C=O) groups excluding carboxylic acids is 1. The zero-order chi connectivity index (χ0) is 23.0. The lowest BCUT2D eigenvalue weighted by molar-refractivity contribution is -0.141. The number of alkyl halides is 5. The number of aliphatic hydroxyl groups is 1. The minimum absolute atomic E-state index is 0.178. The molecule has 31 heavy (non-hydrogen) atoms. The van der Waals surface area contributed by atoms with Crippen LogP contribution in [-0.2, 0) is 6.18 Å². The van der Waals surface area contributed by atoms with Crippen molar-refractivity contribution in [2.24, 2.45) is 0 Å². The molecule has 1 unspecified atom stereocenters. The van der Waals surface area contributed by atoms with Crippen LogP contribution >= 0.6 is 11.6 Å². The van der Waals surface area contributed by atoms with Crippen molar-refractivity contribution in [3.63, 3.8) is 0 Å². The quantitative estimate of drug-likeness (QED) is 0.505. The highest BCUT2D eigenvalue weighted by Crippen LogP contribution is 2.44. The maximum atomic E-state index is 13.7. The molecule has 1 saturated carbocycles. The van der Waals surface area contributed by atoms with E-state index in [1.807, 2.05) is 0 Å². The van der Waals surface area contributed by atoms with Crippen LogP contribution in [-0.4, -0.2) is 32.5 Å². The van der Waals surface area contributed by atoms with Gasteiger partial charge in [0.2, 0.25) is 11.9 Å². The number of hydrogen-bond donors (Lipinski definition) is 2. The zero-order valence-electron chi connectivity index (χ0n) is 15.7. The molecule has 0 radical (unpaired) electrons. The maximum Gasteiger partial charge on any atom is 0.434 e. The topological polar surface area (TPSA) is 75.1 Å². The molecule has 1 amide bonds. The molecule has 2 aromatic rings. The van der Waals surface area contributed by atoms with E-state index < -0.39 is 77.6 Å². The van der Waals surface area contributed by atoms with Crippen LogP contribution < -0.4 is 5.32 Å². The summed E-state index contributed by atoms with van der Waals surface area (Å²) in [6.45, 7) is 0. The Hall–Kier alpha value is -2.40. The van der Waals surface area contributed by atoms with Crippen molar-refractivity contribution >= 4 is 17.5 Å². The molecule has 2 heterocycles. The van der Waals surface area contributed by atoms with Gasteiger partial charge in [-0.1, -0.05) is 17.7 Å². The molecule has 1 fully saturated rings. The monoisotopic (exact) mass is 467 g/mol. The fraction of sp³-hybridized carbons (Fsp3) is 0.421. The maximum absolute atomic E-state index is 13.7. The van der Waals surface area contributed by atoms with Gasteiger partial charge in [0.15, 0.2) is 5.69 Å². The Morgan fingerprint density at radius 2 is 1.81 bits per heavy atom. The molecule has 2 aromatic heterocycles. The lowest BCUT2D eigenvalue weighted by Crippen LogP contribution is -2.50. The Bertz CT molecular complexity index is 975. The van der Waals surface area contributed by atoms with Crippen LogP contribution in [0, 0.1) is 5.95 Å². The Labute approximate surface area is 177 Å². The summed E-state index contributed by atoms with van der Waals surface area (Å²) < 4.78 is 80.0. The Morgan fingerprint density at radius 1 is 1.16 bits per heavy atom. The Balaban J connectivity index is 1.97. The summed E-state index contributed by atoms with van der Waals surface area (Å²) >= 11 is 5.72. The van der Waals surface area contributed by atoms with Gasteiger partial charge in [-0.3, -0.25) is 9.78 Å². The molecule has 1 atom stereocenters. The molecule has 0 aliphatic heterocycles. The van der Waals surface area contributed by atoms with Crippen LogP contribution in [0.2, 0.25) is 5.02 Å². The average Bonchev–Trinajstić information content (AvgIpc) is 2.67. The molecule has 0 bridgehead atoms. The first-order valence-electron chi connectivity index (χ1n) is 9.08. The Morgan fingerprint density at radius 3 is 2.39 bits per heavy atom. The molecule has 1 aliphatic rings. The average molecular weight is 468 g/mol. The summed E-state index contributed by atoms with van der Waals surface area (Å²) in [5.41, 5.74) is -4.21. The number of carbonyl (C=O) groups is 1. The summed E-state index contributed by atoms with van der Waals surface area (Å²) in [7, 11) is 0. The second-order valence-corrected chi connectivity index (χ2v) is 7.65. The smallest absolute Gasteiger partial charge is 0.387 e. The van der Waals surface area contributed by atoms with Crippen LogP contribution in [0.5, 0.6) is 0 Å². The van der Waals surface area contributed by atoms with Crippen molar-refractivity contribution in [2.45, 2.75) is 49.4 Å². The van der Waals surface area contributed by atoms with E-state index in [1.165, 1.54) is 12.1 Å². The molecule has 1 aliphatic carbocycles. The van der Waals surface area contributed by atoms with Gasteiger partial charge in [-0.05, 0) is 31.0 Å². The SMILES string of the molecule is O=C(NC(c1cccc(F)n1)C1(O)CCC(F)(F)CC1)c1ccnc(C(F)(F)F)c1Cl. The molecule has 12 heteroatoms. The van der Waals surface area contributed by atoms with Crippen molar-refractivity contribution in [2.75, 3.05) is 0 Å². The largest absolute Gasteiger partial charge is 0.434 e. The van der Waals surface area contributed by atoms with Crippen molar-refractivity contribution in [3.05, 3.63) is 58.4 Å². The minimum Gasteiger partial charge on any atom is -0.387 e. The highest BCUT2D eigenvalue weighted by atomic mass is 35.5. The first-order valence-corrected chi connectivity index (χ1v) is 9.45. The summed E-state index contributed by atoms with van der Waals surface area (Å²) in [5.74, 6) is -5.12. The second kappa shape index (κ2) is 8.27. The van der Waals surface area contributed by atoms with Gasteiger partial charge in [0, 0.05) is 19.0 Å². The molecule has 168 valence electrons. The standard InChI is InChI=1S/C19H16ClF6N3O2/c20-13-10(4-9-27-15(13)19(24,25)26)16(30)29-14(11-2-1-3-12(21)28-11)17(31)5-7-18(22,23)8-6-17/h1-4,9,14,31H,5-8H2,(H,29,30). The number of nitrogens with one attached hydrogen (secondary N) is 1. The van der Waals surface area contributed by atoms with Crippen molar-refractivity contribution in [3.8, 4) is 0 Å². The molecule has 3 rings (SSSR count). The van der Waals surface area contributed by atoms with Gasteiger partial charge in [0.1, 0.15) is 6.04 Å². The van der Waals surface area contributed by atoms with E-state index in [2.05, 4.69) is 15.3 Å². The predicted molar refractivity (Wildman–Crippen MR) is 97.0 cm³/mol. The van der Waals surface area contributed by atoms with Crippen LogP contribution in [0.1, 0.15) is 53.5 Å². The van der Waals surface area contributed by atoms with E-state index >= 15 is 0 Å². The van der Waals surface area contributed by atoms with Gasteiger partial charge >= 0.3 is 6.18 Å². The Kier molecular flexibility index (Phi) is 6.21. The van der Waals surface area contributed by atoms with E-state index in [1.54, 1.807) is 0 Å². The number of nitrogens with zero attached hydrogens (tertiary/aromatic N) is 2. The number of hydrogen-bond acceptors (Lipinski definition) is 4. The molecule has 0 spiro atoms. The minimum atomic E-state index is -4.93. The van der Waals surface area contributed by atoms with E-state index in [9.17, 15) is 36.2 Å². The fourth-order valence-electron chi connectivity index (χ4n) is 3.43. The summed E-state index contributed by atoms with van der Waals surface area (Å²) in [5, 5.41) is 12.3. The van der Waals surface area contributed by atoms with Crippen LogP contribution in [0.15, 0.2) is 30.5 Å². The zero-order valence-corrected chi connectivity index (χ0v) is 16.4. The highest BCUT2D eigenvalue weighted by molar-refractivity contribution is 6.34. The van der Waals surface area contributed by atoms with Crippen molar-refractivity contribution in [1.82, 2.24) is 15.3 Å². The third-order valence-corrected chi connectivity index (χ3v) is 5.48. The lowest BCUT2D eigenvalue weighted by Gasteiger charge is -2.41. The van der Waals surface area contributed by atoms with Gasteiger partial charge in [-0.25, -0.2) is 13.8 Å². The first-order chi connectivity index (χ1) is 14.3. The van der Waals surface area contributed by atoms with Gasteiger partial charge in [0.05, 0.1) is 21.9 Å².